The molecule has 1 aliphatic heterocycles. The van der Waals surface area contributed by atoms with Crippen molar-refractivity contribution in [3.63, 3.8) is 0 Å². The van der Waals surface area contributed by atoms with Crippen molar-refractivity contribution in [1.29, 1.82) is 0 Å². The van der Waals surface area contributed by atoms with Gasteiger partial charge in [-0.1, -0.05) is 6.08 Å². The van der Waals surface area contributed by atoms with Crippen molar-refractivity contribution in [2.24, 2.45) is 5.92 Å². The topological polar surface area (TPSA) is 46.2 Å². The summed E-state index contributed by atoms with van der Waals surface area (Å²) in [6.45, 7) is 3.54. The van der Waals surface area contributed by atoms with Gasteiger partial charge < -0.3 is 10.1 Å². The molecule has 0 aromatic carbocycles. The third kappa shape index (κ3) is 1.67. The number of rotatable bonds is 4. The maximum atomic E-state index is 10.5. The number of β-lactam (4-membered cyclic amide) rings is 1. The largest absolute Gasteiger partial charge is 0.352 e. The third-order valence-electron chi connectivity index (χ3n) is 1.88. The van der Waals surface area contributed by atoms with E-state index in [1.165, 1.54) is 0 Å². The highest BCUT2D eigenvalue weighted by atomic mass is 16.2. The lowest BCUT2D eigenvalue weighted by Crippen LogP contribution is -2.52. The second-order valence-electron chi connectivity index (χ2n) is 2.70. The lowest BCUT2D eigenvalue weighted by atomic mass is 9.90. The molecular weight excluding hydrogens is 142 g/mol. The van der Waals surface area contributed by atoms with Crippen LogP contribution in [-0.4, -0.2) is 18.2 Å². The molecule has 2 atom stereocenters. The zero-order valence-corrected chi connectivity index (χ0v) is 6.25. The summed E-state index contributed by atoms with van der Waals surface area (Å²) in [5.41, 5.74) is 0. The Morgan fingerprint density at radius 3 is 2.82 bits per heavy atom. The summed E-state index contributed by atoms with van der Waals surface area (Å²) in [5.74, 6) is -0.0453. The van der Waals surface area contributed by atoms with Gasteiger partial charge in [0, 0.05) is 18.4 Å². The van der Waals surface area contributed by atoms with Crippen LogP contribution in [0, 0.1) is 5.92 Å². The number of hydrogen-bond acceptors (Lipinski definition) is 2. The van der Waals surface area contributed by atoms with Crippen LogP contribution in [0.2, 0.25) is 0 Å². The number of carbonyl (C=O) groups is 2. The molecule has 0 aliphatic carbocycles. The van der Waals surface area contributed by atoms with Gasteiger partial charge in [0.05, 0.1) is 0 Å². The number of nitrogens with one attached hydrogen (secondary N) is 1. The van der Waals surface area contributed by atoms with Crippen LogP contribution < -0.4 is 5.32 Å². The molecule has 1 N–H and O–H groups in total. The monoisotopic (exact) mass is 153 g/mol. The fourth-order valence-electron chi connectivity index (χ4n) is 1.15. The smallest absolute Gasteiger partial charge is 0.222 e. The van der Waals surface area contributed by atoms with E-state index in [9.17, 15) is 9.59 Å². The molecule has 60 valence electrons. The zero-order valence-electron chi connectivity index (χ0n) is 6.25. The Hall–Kier alpha value is -1.12. The molecule has 1 aliphatic rings. The van der Waals surface area contributed by atoms with E-state index in [1.54, 1.807) is 6.08 Å². The van der Waals surface area contributed by atoms with E-state index in [0.717, 1.165) is 6.29 Å². The Kier molecular flexibility index (Phi) is 2.41. The first kappa shape index (κ1) is 7.98. The van der Waals surface area contributed by atoms with Crippen molar-refractivity contribution < 1.29 is 9.59 Å². The molecule has 1 heterocycles. The minimum absolute atomic E-state index is 0.0333. The first-order valence-electron chi connectivity index (χ1n) is 3.63. The lowest BCUT2D eigenvalue weighted by molar-refractivity contribution is -0.130. The van der Waals surface area contributed by atoms with Gasteiger partial charge in [-0.25, -0.2) is 0 Å². The SMILES string of the molecule is C=CCC(C=O)C1CC(=O)N1. The van der Waals surface area contributed by atoms with Gasteiger partial charge in [0.2, 0.25) is 5.91 Å². The van der Waals surface area contributed by atoms with Gasteiger partial charge in [-0.15, -0.1) is 6.58 Å². The van der Waals surface area contributed by atoms with Crippen LogP contribution in [-0.2, 0) is 9.59 Å². The molecule has 0 saturated carbocycles. The van der Waals surface area contributed by atoms with Crippen LogP contribution in [0.1, 0.15) is 12.8 Å². The molecule has 0 aromatic rings. The molecule has 0 bridgehead atoms. The standard InChI is InChI=1S/C8H11NO2/c1-2-3-6(5-10)7-4-8(11)9-7/h2,5-7H,1,3-4H2,(H,9,11). The minimum atomic E-state index is -0.0785. The highest BCUT2D eigenvalue weighted by Crippen LogP contribution is 2.16. The van der Waals surface area contributed by atoms with Crippen LogP contribution >= 0.6 is 0 Å². The quantitative estimate of drug-likeness (QED) is 0.358. The fourth-order valence-corrected chi connectivity index (χ4v) is 1.15. The first-order chi connectivity index (χ1) is 5.27. The summed E-state index contributed by atoms with van der Waals surface area (Å²) in [4.78, 5) is 20.9. The van der Waals surface area contributed by atoms with Crippen molar-refractivity contribution in [2.45, 2.75) is 18.9 Å². The molecule has 3 heteroatoms. The Bertz CT molecular complexity index is 181. The van der Waals surface area contributed by atoms with Crippen molar-refractivity contribution in [3.05, 3.63) is 12.7 Å². The number of hydrogen-bond donors (Lipinski definition) is 1. The Labute approximate surface area is 65.5 Å². The summed E-state index contributed by atoms with van der Waals surface area (Å²) >= 11 is 0. The molecule has 11 heavy (non-hydrogen) atoms. The van der Waals surface area contributed by atoms with Crippen molar-refractivity contribution >= 4 is 12.2 Å². The zero-order chi connectivity index (χ0) is 8.27. The normalized spacial score (nSPS) is 24.7. The molecule has 0 radical (unpaired) electrons. The van der Waals surface area contributed by atoms with E-state index in [2.05, 4.69) is 11.9 Å². The maximum Gasteiger partial charge on any atom is 0.222 e. The summed E-state index contributed by atoms with van der Waals surface area (Å²) in [7, 11) is 0. The average Bonchev–Trinajstić information content (AvgIpc) is 1.95. The highest BCUT2D eigenvalue weighted by Gasteiger charge is 2.31. The van der Waals surface area contributed by atoms with Gasteiger partial charge in [0.15, 0.2) is 0 Å². The number of allylic oxidation sites excluding steroid dienone is 1. The van der Waals surface area contributed by atoms with Crippen LogP contribution in [0.5, 0.6) is 0 Å². The number of carbonyl (C=O) groups excluding carboxylic acids is 2. The van der Waals surface area contributed by atoms with E-state index in [1.807, 2.05) is 0 Å². The second-order valence-corrected chi connectivity index (χ2v) is 2.70. The van der Waals surface area contributed by atoms with Gasteiger partial charge in [-0.2, -0.15) is 0 Å². The summed E-state index contributed by atoms with van der Waals surface area (Å²) in [6.07, 6.45) is 3.71. The fraction of sp³-hybridized carbons (Fsp3) is 0.500. The Balaban J connectivity index is 2.37. The molecule has 1 amide bonds. The molecule has 2 unspecified atom stereocenters. The van der Waals surface area contributed by atoms with Gasteiger partial charge in [0.1, 0.15) is 6.29 Å². The second kappa shape index (κ2) is 3.32. The van der Waals surface area contributed by atoms with E-state index in [0.29, 0.717) is 12.8 Å². The van der Waals surface area contributed by atoms with Gasteiger partial charge >= 0.3 is 0 Å². The average molecular weight is 153 g/mol. The predicted molar refractivity (Wildman–Crippen MR) is 40.9 cm³/mol. The highest BCUT2D eigenvalue weighted by molar-refractivity contribution is 5.84. The van der Waals surface area contributed by atoms with Gasteiger partial charge in [0.25, 0.3) is 0 Å². The molecular formula is C8H11NO2. The third-order valence-corrected chi connectivity index (χ3v) is 1.88. The minimum Gasteiger partial charge on any atom is -0.352 e. The summed E-state index contributed by atoms with van der Waals surface area (Å²) < 4.78 is 0. The molecule has 0 aromatic heterocycles. The Morgan fingerprint density at radius 2 is 2.45 bits per heavy atom. The van der Waals surface area contributed by atoms with Crippen molar-refractivity contribution in [2.75, 3.05) is 0 Å². The molecule has 1 saturated heterocycles. The first-order valence-corrected chi connectivity index (χ1v) is 3.63. The van der Waals surface area contributed by atoms with E-state index < -0.39 is 0 Å². The van der Waals surface area contributed by atoms with E-state index >= 15 is 0 Å². The summed E-state index contributed by atoms with van der Waals surface area (Å²) in [6, 6.07) is 0.0537. The van der Waals surface area contributed by atoms with Crippen molar-refractivity contribution in [1.82, 2.24) is 5.32 Å². The predicted octanol–water partition coefficient (Wildman–Crippen LogP) is 0.266. The van der Waals surface area contributed by atoms with Crippen LogP contribution in [0.25, 0.3) is 0 Å². The summed E-state index contributed by atoms with van der Waals surface area (Å²) in [5, 5.41) is 2.66. The molecule has 1 rings (SSSR count). The molecule has 1 fully saturated rings. The van der Waals surface area contributed by atoms with Crippen LogP contribution in [0.3, 0.4) is 0 Å². The maximum absolute atomic E-state index is 10.5. The van der Waals surface area contributed by atoms with Crippen molar-refractivity contribution in [3.8, 4) is 0 Å². The molecule has 3 nitrogen and oxygen atoms in total. The number of amides is 1. The van der Waals surface area contributed by atoms with E-state index in [-0.39, 0.29) is 17.9 Å². The Morgan fingerprint density at radius 1 is 1.82 bits per heavy atom. The van der Waals surface area contributed by atoms with Crippen LogP contribution in [0.15, 0.2) is 12.7 Å². The van der Waals surface area contributed by atoms with Gasteiger partial charge in [-0.05, 0) is 6.42 Å². The number of aldehydes is 1. The van der Waals surface area contributed by atoms with E-state index in [4.69, 9.17) is 0 Å². The van der Waals surface area contributed by atoms with Crippen LogP contribution in [0.4, 0.5) is 0 Å². The lowest BCUT2D eigenvalue weighted by Gasteiger charge is -2.30. The molecule has 0 spiro atoms. The van der Waals surface area contributed by atoms with Gasteiger partial charge in [-0.3, -0.25) is 4.79 Å².